The molecular weight excluding hydrogens is 330 g/mol. The first-order chi connectivity index (χ1) is 12.3. The summed E-state index contributed by atoms with van der Waals surface area (Å²) in [6.07, 6.45) is 1.87. The molecule has 134 valence electrons. The number of hydrogen-bond acceptors (Lipinski definition) is 3. The van der Waals surface area contributed by atoms with E-state index < -0.39 is 0 Å². The van der Waals surface area contributed by atoms with Gasteiger partial charge in [-0.2, -0.15) is 4.98 Å². The molecule has 7 heteroatoms. The van der Waals surface area contributed by atoms with Crippen molar-refractivity contribution >= 4 is 16.9 Å². The van der Waals surface area contributed by atoms with E-state index in [9.17, 15) is 9.59 Å². The first-order valence-corrected chi connectivity index (χ1v) is 8.49. The van der Waals surface area contributed by atoms with Crippen LogP contribution in [0.2, 0.25) is 0 Å². The maximum Gasteiger partial charge on any atom is 0.332 e. The highest BCUT2D eigenvalue weighted by atomic mass is 16.2. The van der Waals surface area contributed by atoms with Crippen LogP contribution in [0.4, 0.5) is 0 Å². The third kappa shape index (κ3) is 2.16. The molecule has 0 amide bonds. The minimum Gasteiger partial charge on any atom is -0.317 e. The topological polar surface area (TPSA) is 66.2 Å². The third-order valence-electron chi connectivity index (χ3n) is 5.14. The Morgan fingerprint density at radius 2 is 1.77 bits per heavy atom. The molecule has 0 aliphatic rings. The van der Waals surface area contributed by atoms with E-state index in [0.29, 0.717) is 16.9 Å². The second kappa shape index (κ2) is 5.45. The quantitative estimate of drug-likeness (QED) is 0.552. The van der Waals surface area contributed by atoms with Gasteiger partial charge in [0.2, 0.25) is 5.78 Å². The maximum absolute atomic E-state index is 13.2. The van der Waals surface area contributed by atoms with Gasteiger partial charge in [-0.25, -0.2) is 4.79 Å². The molecule has 0 saturated carbocycles. The van der Waals surface area contributed by atoms with E-state index in [1.54, 1.807) is 11.4 Å². The van der Waals surface area contributed by atoms with Gasteiger partial charge < -0.3 is 4.57 Å². The van der Waals surface area contributed by atoms with Gasteiger partial charge in [-0.1, -0.05) is 23.8 Å². The number of aromatic nitrogens is 5. The molecule has 3 heterocycles. The SMILES string of the molecule is Cc1ccc(C)c(Cn2c(=O)c3c(nc4n(C)c(C)cn34)n(C)c2=O)c1. The lowest BCUT2D eigenvalue weighted by atomic mass is 10.1. The number of imidazole rings is 2. The Bertz CT molecular complexity index is 1300. The van der Waals surface area contributed by atoms with E-state index in [2.05, 4.69) is 4.98 Å². The Balaban J connectivity index is 2.05. The predicted molar refractivity (Wildman–Crippen MR) is 101 cm³/mol. The van der Waals surface area contributed by atoms with Crippen LogP contribution < -0.4 is 11.2 Å². The van der Waals surface area contributed by atoms with Crippen LogP contribution in [0.5, 0.6) is 0 Å². The van der Waals surface area contributed by atoms with Crippen LogP contribution in [-0.2, 0) is 20.6 Å². The smallest absolute Gasteiger partial charge is 0.317 e. The normalized spacial score (nSPS) is 11.7. The largest absolute Gasteiger partial charge is 0.332 e. The average molecular weight is 351 g/mol. The van der Waals surface area contributed by atoms with Gasteiger partial charge >= 0.3 is 5.69 Å². The van der Waals surface area contributed by atoms with Crippen LogP contribution in [0.25, 0.3) is 16.9 Å². The molecule has 0 fully saturated rings. The van der Waals surface area contributed by atoms with E-state index in [-0.39, 0.29) is 17.8 Å². The first kappa shape index (κ1) is 16.4. The molecule has 0 spiro atoms. The maximum atomic E-state index is 13.2. The van der Waals surface area contributed by atoms with E-state index >= 15 is 0 Å². The highest BCUT2D eigenvalue weighted by molar-refractivity contribution is 5.75. The van der Waals surface area contributed by atoms with Crippen molar-refractivity contribution in [3.63, 3.8) is 0 Å². The Morgan fingerprint density at radius 1 is 1.04 bits per heavy atom. The Labute approximate surface area is 149 Å². The van der Waals surface area contributed by atoms with Gasteiger partial charge in [-0.3, -0.25) is 18.3 Å². The van der Waals surface area contributed by atoms with Crippen molar-refractivity contribution in [2.24, 2.45) is 14.1 Å². The summed E-state index contributed by atoms with van der Waals surface area (Å²) in [5, 5.41) is 0. The van der Waals surface area contributed by atoms with Gasteiger partial charge in [0.05, 0.1) is 6.54 Å². The fourth-order valence-electron chi connectivity index (χ4n) is 3.40. The molecule has 26 heavy (non-hydrogen) atoms. The molecule has 0 aliphatic heterocycles. The van der Waals surface area contributed by atoms with Crippen molar-refractivity contribution in [3.05, 3.63) is 67.6 Å². The zero-order valence-corrected chi connectivity index (χ0v) is 15.6. The summed E-state index contributed by atoms with van der Waals surface area (Å²) in [6, 6.07) is 6.05. The molecule has 0 unspecified atom stereocenters. The molecular formula is C19H21N5O2. The molecule has 3 aromatic heterocycles. The summed E-state index contributed by atoms with van der Waals surface area (Å²) in [5.74, 6) is 0.647. The van der Waals surface area contributed by atoms with Crippen molar-refractivity contribution < 1.29 is 0 Å². The van der Waals surface area contributed by atoms with E-state index in [1.165, 1.54) is 9.13 Å². The summed E-state index contributed by atoms with van der Waals surface area (Å²) in [4.78, 5) is 30.5. The van der Waals surface area contributed by atoms with Gasteiger partial charge in [-0.15, -0.1) is 0 Å². The van der Waals surface area contributed by atoms with Gasteiger partial charge in [-0.05, 0) is 31.9 Å². The van der Waals surface area contributed by atoms with Crippen molar-refractivity contribution in [2.45, 2.75) is 27.3 Å². The lowest BCUT2D eigenvalue weighted by Crippen LogP contribution is -2.39. The van der Waals surface area contributed by atoms with Crippen molar-refractivity contribution in [3.8, 4) is 0 Å². The lowest BCUT2D eigenvalue weighted by Gasteiger charge is -2.11. The fraction of sp³-hybridized carbons (Fsp3) is 0.316. The number of hydrogen-bond donors (Lipinski definition) is 0. The number of fused-ring (bicyclic) bond motifs is 3. The van der Waals surface area contributed by atoms with Crippen LogP contribution in [0.1, 0.15) is 22.4 Å². The Kier molecular flexibility index (Phi) is 3.44. The fourth-order valence-corrected chi connectivity index (χ4v) is 3.40. The summed E-state index contributed by atoms with van der Waals surface area (Å²) in [6.45, 7) is 6.19. The van der Waals surface area contributed by atoms with E-state index in [0.717, 1.165) is 22.4 Å². The number of rotatable bonds is 2. The van der Waals surface area contributed by atoms with Crippen molar-refractivity contribution in [2.75, 3.05) is 0 Å². The standard InChI is InChI=1S/C19H21N5O2/c1-11-6-7-12(2)14(8-11)10-24-17(25)15-16(22(5)19(24)26)20-18-21(4)13(3)9-23(15)18/h6-9H,10H2,1-5H3. The summed E-state index contributed by atoms with van der Waals surface area (Å²) >= 11 is 0. The van der Waals surface area contributed by atoms with E-state index in [4.69, 9.17) is 0 Å². The second-order valence-corrected chi connectivity index (χ2v) is 6.95. The molecule has 0 N–H and O–H groups in total. The van der Waals surface area contributed by atoms with Crippen LogP contribution in [0, 0.1) is 20.8 Å². The zero-order valence-electron chi connectivity index (χ0n) is 15.6. The molecule has 4 aromatic rings. The average Bonchev–Trinajstić information content (AvgIpc) is 3.10. The minimum absolute atomic E-state index is 0.244. The monoisotopic (exact) mass is 351 g/mol. The van der Waals surface area contributed by atoms with Crippen LogP contribution in [-0.4, -0.2) is 23.1 Å². The molecule has 1 aromatic carbocycles. The molecule has 0 radical (unpaired) electrons. The molecule has 0 aliphatic carbocycles. The van der Waals surface area contributed by atoms with Crippen LogP contribution >= 0.6 is 0 Å². The molecule has 7 nitrogen and oxygen atoms in total. The van der Waals surface area contributed by atoms with Crippen LogP contribution in [0.3, 0.4) is 0 Å². The van der Waals surface area contributed by atoms with Gasteiger partial charge in [0.1, 0.15) is 0 Å². The van der Waals surface area contributed by atoms with Gasteiger partial charge in [0.25, 0.3) is 5.56 Å². The molecule has 0 bridgehead atoms. The summed E-state index contributed by atoms with van der Waals surface area (Å²) < 4.78 is 6.41. The molecule has 0 saturated heterocycles. The number of aryl methyl sites for hydroxylation is 5. The number of benzene rings is 1. The van der Waals surface area contributed by atoms with Gasteiger partial charge in [0.15, 0.2) is 11.2 Å². The summed E-state index contributed by atoms with van der Waals surface area (Å²) in [7, 11) is 3.55. The van der Waals surface area contributed by atoms with Gasteiger partial charge in [0, 0.05) is 26.0 Å². The van der Waals surface area contributed by atoms with Crippen LogP contribution in [0.15, 0.2) is 34.0 Å². The second-order valence-electron chi connectivity index (χ2n) is 6.95. The van der Waals surface area contributed by atoms with E-state index in [1.807, 2.05) is 56.8 Å². The highest BCUT2D eigenvalue weighted by Gasteiger charge is 2.19. The summed E-state index contributed by atoms with van der Waals surface area (Å²) in [5.41, 5.74) is 4.27. The Morgan fingerprint density at radius 3 is 2.50 bits per heavy atom. The number of nitrogens with zero attached hydrogens (tertiary/aromatic N) is 5. The third-order valence-corrected chi connectivity index (χ3v) is 5.14. The van der Waals surface area contributed by atoms with Crippen molar-refractivity contribution in [1.29, 1.82) is 0 Å². The molecule has 0 atom stereocenters. The highest BCUT2D eigenvalue weighted by Crippen LogP contribution is 2.15. The lowest BCUT2D eigenvalue weighted by molar-refractivity contribution is 0.654. The predicted octanol–water partition coefficient (Wildman–Crippen LogP) is 1.66. The first-order valence-electron chi connectivity index (χ1n) is 8.49. The van der Waals surface area contributed by atoms with Crippen molar-refractivity contribution in [1.82, 2.24) is 23.1 Å². The Hall–Kier alpha value is -3.09. The zero-order chi connectivity index (χ0) is 18.7. The minimum atomic E-state index is -0.358. The molecule has 4 rings (SSSR count).